The van der Waals surface area contributed by atoms with Gasteiger partial charge in [-0.05, 0) is 24.0 Å². The van der Waals surface area contributed by atoms with Crippen LogP contribution in [0.4, 0.5) is 8.78 Å². The van der Waals surface area contributed by atoms with Gasteiger partial charge in [-0.2, -0.15) is 11.8 Å². The van der Waals surface area contributed by atoms with Crippen LogP contribution in [-0.2, 0) is 5.75 Å². The zero-order valence-corrected chi connectivity index (χ0v) is 8.50. The normalized spacial score (nSPS) is 10.8. The van der Waals surface area contributed by atoms with Crippen LogP contribution in [0.15, 0.2) is 12.1 Å². The van der Waals surface area contributed by atoms with E-state index in [1.807, 2.05) is 6.26 Å². The lowest BCUT2D eigenvalue weighted by atomic mass is 10.2. The molecule has 13 heavy (non-hydrogen) atoms. The van der Waals surface area contributed by atoms with E-state index in [1.54, 1.807) is 17.8 Å². The summed E-state index contributed by atoms with van der Waals surface area (Å²) in [5.74, 6) is 0.669. The van der Waals surface area contributed by atoms with E-state index in [0.29, 0.717) is 5.75 Å². The Balaban J connectivity index is 2.96. The number of rotatable bonds is 3. The molecule has 0 aromatic carbocycles. The van der Waals surface area contributed by atoms with Crippen molar-refractivity contribution in [3.63, 3.8) is 0 Å². The summed E-state index contributed by atoms with van der Waals surface area (Å²) < 4.78 is 24.5. The minimum absolute atomic E-state index is 0.127. The number of alkyl halides is 2. The fourth-order valence-corrected chi connectivity index (χ4v) is 1.67. The second kappa shape index (κ2) is 4.77. The van der Waals surface area contributed by atoms with Gasteiger partial charge in [0.05, 0.1) is 0 Å². The molecule has 0 radical (unpaired) electrons. The summed E-state index contributed by atoms with van der Waals surface area (Å²) in [4.78, 5) is 3.52. The summed E-state index contributed by atoms with van der Waals surface area (Å²) in [6.07, 6.45) is -0.657. The first-order valence-electron chi connectivity index (χ1n) is 3.57. The highest BCUT2D eigenvalue weighted by atomic mass is 35.5. The lowest BCUT2D eigenvalue weighted by molar-refractivity contribution is 0.146. The van der Waals surface area contributed by atoms with Crippen molar-refractivity contribution in [2.75, 3.05) is 6.26 Å². The highest BCUT2D eigenvalue weighted by molar-refractivity contribution is 7.97. The van der Waals surface area contributed by atoms with Gasteiger partial charge in [0.1, 0.15) is 10.8 Å². The smallest absolute Gasteiger partial charge is 0.235 e. The van der Waals surface area contributed by atoms with Crippen LogP contribution >= 0.6 is 23.4 Å². The Morgan fingerprint density at radius 3 is 2.77 bits per heavy atom. The van der Waals surface area contributed by atoms with Crippen LogP contribution in [0, 0.1) is 0 Å². The van der Waals surface area contributed by atoms with Crippen molar-refractivity contribution in [1.29, 1.82) is 0 Å². The van der Waals surface area contributed by atoms with E-state index in [4.69, 9.17) is 11.6 Å². The predicted octanol–water partition coefficient (Wildman–Crippen LogP) is 3.54. The largest absolute Gasteiger partial charge is 0.280 e. The number of hydrogen-bond donors (Lipinski definition) is 0. The van der Waals surface area contributed by atoms with Gasteiger partial charge in [0.2, 0.25) is 0 Å². The van der Waals surface area contributed by atoms with E-state index in [0.717, 1.165) is 5.56 Å². The van der Waals surface area contributed by atoms with Gasteiger partial charge in [0.15, 0.2) is 0 Å². The average molecular weight is 224 g/mol. The molecule has 0 fully saturated rings. The van der Waals surface area contributed by atoms with Crippen molar-refractivity contribution >= 4 is 23.4 Å². The monoisotopic (exact) mass is 223 g/mol. The molecule has 0 atom stereocenters. The van der Waals surface area contributed by atoms with Crippen LogP contribution in [0.3, 0.4) is 0 Å². The molecule has 0 saturated carbocycles. The molecule has 0 bridgehead atoms. The Morgan fingerprint density at radius 1 is 1.54 bits per heavy atom. The molecule has 0 N–H and O–H groups in total. The van der Waals surface area contributed by atoms with Crippen LogP contribution in [0.5, 0.6) is 0 Å². The molecule has 0 aliphatic heterocycles. The van der Waals surface area contributed by atoms with E-state index in [9.17, 15) is 8.78 Å². The maximum atomic E-state index is 12.2. The van der Waals surface area contributed by atoms with E-state index in [2.05, 4.69) is 4.98 Å². The number of halogens is 3. The van der Waals surface area contributed by atoms with Crippen molar-refractivity contribution in [3.8, 4) is 0 Å². The first-order chi connectivity index (χ1) is 6.13. The van der Waals surface area contributed by atoms with Crippen LogP contribution in [0.1, 0.15) is 17.7 Å². The topological polar surface area (TPSA) is 12.9 Å². The maximum absolute atomic E-state index is 12.2. The summed E-state index contributed by atoms with van der Waals surface area (Å²) in [6.45, 7) is 0. The third-order valence-corrected chi connectivity index (χ3v) is 2.22. The molecule has 1 heterocycles. The van der Waals surface area contributed by atoms with E-state index >= 15 is 0 Å². The van der Waals surface area contributed by atoms with Gasteiger partial charge >= 0.3 is 0 Å². The molecule has 1 nitrogen and oxygen atoms in total. The van der Waals surface area contributed by atoms with Gasteiger partial charge in [0, 0.05) is 5.75 Å². The minimum atomic E-state index is -2.56. The molecule has 0 unspecified atom stereocenters. The Labute approximate surface area is 84.5 Å². The quantitative estimate of drug-likeness (QED) is 0.727. The van der Waals surface area contributed by atoms with Crippen LogP contribution < -0.4 is 0 Å². The van der Waals surface area contributed by atoms with Crippen molar-refractivity contribution in [3.05, 3.63) is 28.5 Å². The second-order valence-electron chi connectivity index (χ2n) is 2.46. The molecular formula is C8H8ClF2NS. The highest BCUT2D eigenvalue weighted by Crippen LogP contribution is 2.22. The minimum Gasteiger partial charge on any atom is -0.235 e. The van der Waals surface area contributed by atoms with Crippen molar-refractivity contribution in [2.45, 2.75) is 12.2 Å². The molecule has 0 saturated heterocycles. The zero-order valence-electron chi connectivity index (χ0n) is 6.93. The van der Waals surface area contributed by atoms with Gasteiger partial charge in [-0.3, -0.25) is 0 Å². The first-order valence-corrected chi connectivity index (χ1v) is 5.34. The third kappa shape index (κ3) is 3.12. The van der Waals surface area contributed by atoms with E-state index < -0.39 is 6.43 Å². The zero-order chi connectivity index (χ0) is 9.84. The number of hydrogen-bond acceptors (Lipinski definition) is 2. The van der Waals surface area contributed by atoms with E-state index in [-0.39, 0.29) is 10.8 Å². The maximum Gasteiger partial charge on any atom is 0.280 e. The molecule has 0 amide bonds. The van der Waals surface area contributed by atoms with Crippen LogP contribution in [0.2, 0.25) is 5.15 Å². The lowest BCUT2D eigenvalue weighted by Crippen LogP contribution is -1.93. The van der Waals surface area contributed by atoms with Gasteiger partial charge in [0.25, 0.3) is 6.43 Å². The highest BCUT2D eigenvalue weighted by Gasteiger charge is 2.10. The SMILES string of the molecule is CSCc1cc(Cl)nc(C(F)F)c1. The summed E-state index contributed by atoms with van der Waals surface area (Å²) in [7, 11) is 0. The Bertz CT molecular complexity index is 293. The molecular weight excluding hydrogens is 216 g/mol. The Kier molecular flexibility index (Phi) is 3.93. The lowest BCUT2D eigenvalue weighted by Gasteiger charge is -2.03. The molecule has 5 heteroatoms. The Morgan fingerprint density at radius 2 is 2.23 bits per heavy atom. The van der Waals surface area contributed by atoms with Crippen LogP contribution in [-0.4, -0.2) is 11.2 Å². The van der Waals surface area contributed by atoms with Crippen molar-refractivity contribution < 1.29 is 8.78 Å². The molecule has 72 valence electrons. The summed E-state index contributed by atoms with van der Waals surface area (Å²) in [5.41, 5.74) is 0.527. The van der Waals surface area contributed by atoms with Crippen LogP contribution in [0.25, 0.3) is 0 Å². The van der Waals surface area contributed by atoms with E-state index in [1.165, 1.54) is 6.07 Å². The Hall–Kier alpha value is -0.350. The number of pyridine rings is 1. The van der Waals surface area contributed by atoms with Gasteiger partial charge < -0.3 is 0 Å². The fourth-order valence-electron chi connectivity index (χ4n) is 0.934. The average Bonchev–Trinajstić information content (AvgIpc) is 2.03. The third-order valence-electron chi connectivity index (χ3n) is 1.41. The molecule has 0 aliphatic rings. The standard InChI is InChI=1S/C8H8ClF2NS/c1-13-4-5-2-6(8(10)11)12-7(9)3-5/h2-3,8H,4H2,1H3. The fraction of sp³-hybridized carbons (Fsp3) is 0.375. The van der Waals surface area contributed by atoms with Gasteiger partial charge in [-0.1, -0.05) is 11.6 Å². The summed E-state index contributed by atoms with van der Waals surface area (Å²) in [5, 5.41) is 0.127. The number of aromatic nitrogens is 1. The molecule has 0 aliphatic carbocycles. The number of thioether (sulfide) groups is 1. The molecule has 1 aromatic rings. The van der Waals surface area contributed by atoms with Crippen molar-refractivity contribution in [2.24, 2.45) is 0 Å². The molecule has 1 rings (SSSR count). The summed E-state index contributed by atoms with van der Waals surface area (Å²) >= 11 is 7.13. The predicted molar refractivity (Wildman–Crippen MR) is 51.4 cm³/mol. The van der Waals surface area contributed by atoms with Crippen molar-refractivity contribution in [1.82, 2.24) is 4.98 Å². The second-order valence-corrected chi connectivity index (χ2v) is 3.71. The number of nitrogens with zero attached hydrogens (tertiary/aromatic N) is 1. The molecule has 1 aromatic heterocycles. The van der Waals surface area contributed by atoms with Gasteiger partial charge in [-0.25, -0.2) is 13.8 Å². The van der Waals surface area contributed by atoms with Gasteiger partial charge in [-0.15, -0.1) is 0 Å². The summed E-state index contributed by atoms with van der Waals surface area (Å²) in [6, 6.07) is 2.98. The molecule has 0 spiro atoms. The first kappa shape index (κ1) is 10.7.